The quantitative estimate of drug-likeness (QED) is 0.454. The van der Waals surface area contributed by atoms with E-state index in [-0.39, 0.29) is 11.5 Å². The third-order valence-electron chi connectivity index (χ3n) is 1.96. The summed E-state index contributed by atoms with van der Waals surface area (Å²) in [5.41, 5.74) is 0.524. The van der Waals surface area contributed by atoms with E-state index in [0.717, 1.165) is 6.26 Å². The lowest BCUT2D eigenvalue weighted by Crippen LogP contribution is -2.06. The highest BCUT2D eigenvalue weighted by Gasteiger charge is 2.07. The summed E-state index contributed by atoms with van der Waals surface area (Å²) in [5, 5.41) is 0. The maximum Gasteiger partial charge on any atom is 0.306 e. The standard InChI is InChI=1S/C11H13ClO4S/c1-17(14,15)16-10-6-4-9(5-7-10)11(13)3-2-8-12/h4-7H,2-3,8H2,1H3. The van der Waals surface area contributed by atoms with E-state index < -0.39 is 10.1 Å². The molecule has 17 heavy (non-hydrogen) atoms. The fourth-order valence-corrected chi connectivity index (χ4v) is 1.84. The van der Waals surface area contributed by atoms with Crippen LogP contribution in [0.25, 0.3) is 0 Å². The van der Waals surface area contributed by atoms with Crippen LogP contribution in [0.4, 0.5) is 0 Å². The molecule has 94 valence electrons. The number of ketones is 1. The molecule has 0 spiro atoms. The summed E-state index contributed by atoms with van der Waals surface area (Å²) in [5.74, 6) is 0.624. The van der Waals surface area contributed by atoms with Crippen LogP contribution in [0.5, 0.6) is 5.75 Å². The third kappa shape index (κ3) is 5.19. The molecule has 0 unspecified atom stereocenters. The van der Waals surface area contributed by atoms with Crippen LogP contribution in [0, 0.1) is 0 Å². The van der Waals surface area contributed by atoms with Crippen LogP contribution in [0.1, 0.15) is 23.2 Å². The molecular weight excluding hydrogens is 264 g/mol. The lowest BCUT2D eigenvalue weighted by molar-refractivity contribution is 0.0982. The van der Waals surface area contributed by atoms with Gasteiger partial charge in [0.05, 0.1) is 6.26 Å². The Morgan fingerprint density at radius 1 is 1.29 bits per heavy atom. The number of carbonyl (C=O) groups is 1. The van der Waals surface area contributed by atoms with Crippen LogP contribution in [0.3, 0.4) is 0 Å². The maximum absolute atomic E-state index is 11.6. The Morgan fingerprint density at radius 3 is 2.35 bits per heavy atom. The van der Waals surface area contributed by atoms with Crippen molar-refractivity contribution in [3.8, 4) is 5.75 Å². The number of alkyl halides is 1. The molecule has 1 rings (SSSR count). The number of carbonyl (C=O) groups excluding carboxylic acids is 1. The molecule has 0 fully saturated rings. The lowest BCUT2D eigenvalue weighted by Gasteiger charge is -2.04. The zero-order chi connectivity index (χ0) is 12.9. The summed E-state index contributed by atoms with van der Waals surface area (Å²) in [6.45, 7) is 0. The van der Waals surface area contributed by atoms with Crippen LogP contribution in [0.15, 0.2) is 24.3 Å². The Kier molecular flexibility index (Phi) is 4.96. The van der Waals surface area contributed by atoms with Crippen LogP contribution >= 0.6 is 11.6 Å². The Bertz CT molecular complexity index is 479. The van der Waals surface area contributed by atoms with E-state index in [0.29, 0.717) is 24.3 Å². The lowest BCUT2D eigenvalue weighted by atomic mass is 10.1. The Morgan fingerprint density at radius 2 is 1.88 bits per heavy atom. The molecule has 0 amide bonds. The molecule has 0 N–H and O–H groups in total. The molecule has 1 aromatic rings. The van der Waals surface area contributed by atoms with Crippen LogP contribution in [-0.4, -0.2) is 26.3 Å². The summed E-state index contributed by atoms with van der Waals surface area (Å²) in [6.07, 6.45) is 1.98. The zero-order valence-corrected chi connectivity index (χ0v) is 10.9. The number of hydrogen-bond acceptors (Lipinski definition) is 4. The Hall–Kier alpha value is -1.07. The van der Waals surface area contributed by atoms with E-state index in [1.165, 1.54) is 24.3 Å². The van der Waals surface area contributed by atoms with Crippen molar-refractivity contribution in [1.29, 1.82) is 0 Å². The molecule has 0 saturated heterocycles. The minimum Gasteiger partial charge on any atom is -0.383 e. The fourth-order valence-electron chi connectivity index (χ4n) is 1.24. The predicted octanol–water partition coefficient (Wildman–Crippen LogP) is 2.23. The summed E-state index contributed by atoms with van der Waals surface area (Å²) in [7, 11) is -3.53. The number of halogens is 1. The van der Waals surface area contributed by atoms with Crippen molar-refractivity contribution < 1.29 is 17.4 Å². The number of rotatable bonds is 6. The second-order valence-electron chi connectivity index (χ2n) is 3.53. The van der Waals surface area contributed by atoms with Crippen molar-refractivity contribution >= 4 is 27.5 Å². The third-order valence-corrected chi connectivity index (χ3v) is 2.72. The first-order valence-electron chi connectivity index (χ1n) is 5.01. The van der Waals surface area contributed by atoms with Gasteiger partial charge < -0.3 is 4.18 Å². The molecule has 0 heterocycles. The monoisotopic (exact) mass is 276 g/mol. The molecule has 0 bridgehead atoms. The van der Waals surface area contributed by atoms with Gasteiger partial charge in [-0.3, -0.25) is 4.79 Å². The first-order chi connectivity index (χ1) is 7.92. The number of benzene rings is 1. The average Bonchev–Trinajstić information content (AvgIpc) is 2.24. The fraction of sp³-hybridized carbons (Fsp3) is 0.364. The van der Waals surface area contributed by atoms with Gasteiger partial charge in [0.2, 0.25) is 0 Å². The SMILES string of the molecule is CS(=O)(=O)Oc1ccc(C(=O)CCCCl)cc1. The summed E-state index contributed by atoms with van der Waals surface area (Å²) < 4.78 is 26.4. The van der Waals surface area contributed by atoms with E-state index in [2.05, 4.69) is 4.18 Å². The van der Waals surface area contributed by atoms with Gasteiger partial charge in [-0.15, -0.1) is 11.6 Å². The zero-order valence-electron chi connectivity index (χ0n) is 9.35. The second-order valence-corrected chi connectivity index (χ2v) is 5.48. The normalized spacial score (nSPS) is 11.2. The topological polar surface area (TPSA) is 60.4 Å². The van der Waals surface area contributed by atoms with Gasteiger partial charge in [-0.25, -0.2) is 0 Å². The molecule has 0 atom stereocenters. The highest BCUT2D eigenvalue weighted by Crippen LogP contribution is 2.15. The van der Waals surface area contributed by atoms with E-state index in [9.17, 15) is 13.2 Å². The van der Waals surface area contributed by atoms with E-state index in [4.69, 9.17) is 11.6 Å². The van der Waals surface area contributed by atoms with Crippen molar-refractivity contribution in [2.75, 3.05) is 12.1 Å². The van der Waals surface area contributed by atoms with Crippen LogP contribution in [-0.2, 0) is 10.1 Å². The van der Waals surface area contributed by atoms with Gasteiger partial charge in [0, 0.05) is 17.9 Å². The van der Waals surface area contributed by atoms with Crippen molar-refractivity contribution in [3.63, 3.8) is 0 Å². The van der Waals surface area contributed by atoms with Gasteiger partial charge in [0.15, 0.2) is 5.78 Å². The van der Waals surface area contributed by atoms with Gasteiger partial charge >= 0.3 is 10.1 Å². The first kappa shape index (κ1) is 14.0. The Labute approximate surface area is 106 Å². The van der Waals surface area contributed by atoms with Crippen molar-refractivity contribution in [3.05, 3.63) is 29.8 Å². The van der Waals surface area contributed by atoms with Crippen molar-refractivity contribution in [2.24, 2.45) is 0 Å². The van der Waals surface area contributed by atoms with Crippen molar-refractivity contribution in [2.45, 2.75) is 12.8 Å². The second kappa shape index (κ2) is 6.02. The molecule has 0 radical (unpaired) electrons. The smallest absolute Gasteiger partial charge is 0.306 e. The van der Waals surface area contributed by atoms with Crippen LogP contribution in [0.2, 0.25) is 0 Å². The molecule has 1 aromatic carbocycles. The van der Waals surface area contributed by atoms with E-state index in [1.807, 2.05) is 0 Å². The molecule has 0 aromatic heterocycles. The summed E-state index contributed by atoms with van der Waals surface area (Å²) in [6, 6.07) is 5.98. The molecule has 0 aliphatic carbocycles. The summed E-state index contributed by atoms with van der Waals surface area (Å²) >= 11 is 5.49. The van der Waals surface area contributed by atoms with E-state index in [1.54, 1.807) is 0 Å². The van der Waals surface area contributed by atoms with Gasteiger partial charge in [0.25, 0.3) is 0 Å². The van der Waals surface area contributed by atoms with E-state index >= 15 is 0 Å². The largest absolute Gasteiger partial charge is 0.383 e. The molecule has 0 aliphatic heterocycles. The molecule has 4 nitrogen and oxygen atoms in total. The van der Waals surface area contributed by atoms with Gasteiger partial charge in [-0.05, 0) is 30.7 Å². The van der Waals surface area contributed by atoms with Gasteiger partial charge in [-0.1, -0.05) is 0 Å². The minimum atomic E-state index is -3.53. The molecular formula is C11H13ClO4S. The maximum atomic E-state index is 11.6. The molecule has 0 aliphatic rings. The first-order valence-corrected chi connectivity index (χ1v) is 7.36. The highest BCUT2D eigenvalue weighted by molar-refractivity contribution is 7.86. The Balaban J connectivity index is 2.71. The van der Waals surface area contributed by atoms with Gasteiger partial charge in [-0.2, -0.15) is 8.42 Å². The predicted molar refractivity (Wildman–Crippen MR) is 66.2 cm³/mol. The number of Topliss-reactive ketones (excluding diaryl/α,β-unsaturated/α-hetero) is 1. The molecule has 0 saturated carbocycles. The van der Waals surface area contributed by atoms with Crippen LogP contribution < -0.4 is 4.18 Å². The minimum absolute atomic E-state index is 0.0171. The van der Waals surface area contributed by atoms with Gasteiger partial charge in [0.1, 0.15) is 5.75 Å². The highest BCUT2D eigenvalue weighted by atomic mass is 35.5. The van der Waals surface area contributed by atoms with Crippen molar-refractivity contribution in [1.82, 2.24) is 0 Å². The average molecular weight is 277 g/mol. The molecule has 6 heteroatoms. The number of hydrogen-bond donors (Lipinski definition) is 0. The summed E-state index contributed by atoms with van der Waals surface area (Å²) in [4.78, 5) is 11.6.